The highest BCUT2D eigenvalue weighted by Gasteiger charge is 2.30. The lowest BCUT2D eigenvalue weighted by Crippen LogP contribution is -2.12. The van der Waals surface area contributed by atoms with E-state index in [0.29, 0.717) is 16.1 Å². The fourth-order valence-electron chi connectivity index (χ4n) is 1.81. The molecule has 0 saturated heterocycles. The van der Waals surface area contributed by atoms with Crippen molar-refractivity contribution in [3.05, 3.63) is 58.6 Å². The quantitative estimate of drug-likeness (QED) is 0.890. The first-order chi connectivity index (χ1) is 9.29. The lowest BCUT2D eigenvalue weighted by molar-refractivity contribution is -0.137. The maximum absolute atomic E-state index is 12.5. The summed E-state index contributed by atoms with van der Waals surface area (Å²) >= 11 is 5.78. The van der Waals surface area contributed by atoms with Crippen molar-refractivity contribution in [2.24, 2.45) is 5.73 Å². The molecular formula is C14H9ClF3NO. The van der Waals surface area contributed by atoms with Gasteiger partial charge in [0, 0.05) is 10.6 Å². The molecule has 6 heteroatoms. The van der Waals surface area contributed by atoms with Crippen molar-refractivity contribution < 1.29 is 18.0 Å². The zero-order valence-electron chi connectivity index (χ0n) is 10.0. The number of carbonyl (C=O) groups excluding carboxylic acids is 1. The van der Waals surface area contributed by atoms with Crippen LogP contribution in [0, 0.1) is 0 Å². The van der Waals surface area contributed by atoms with Crippen molar-refractivity contribution in [2.45, 2.75) is 6.18 Å². The molecule has 20 heavy (non-hydrogen) atoms. The second-order valence-corrected chi connectivity index (χ2v) is 4.57. The van der Waals surface area contributed by atoms with Gasteiger partial charge in [-0.15, -0.1) is 0 Å². The van der Waals surface area contributed by atoms with Crippen LogP contribution in [0.3, 0.4) is 0 Å². The molecule has 0 fully saturated rings. The fraction of sp³-hybridized carbons (Fsp3) is 0.0714. The fourth-order valence-corrected chi connectivity index (χ4v) is 1.98. The molecule has 0 aliphatic heterocycles. The van der Waals surface area contributed by atoms with Gasteiger partial charge in [-0.3, -0.25) is 4.79 Å². The molecule has 0 aliphatic rings. The van der Waals surface area contributed by atoms with Gasteiger partial charge in [-0.25, -0.2) is 0 Å². The van der Waals surface area contributed by atoms with Crippen LogP contribution < -0.4 is 5.73 Å². The lowest BCUT2D eigenvalue weighted by atomic mass is 9.98. The zero-order chi connectivity index (χ0) is 14.9. The Kier molecular flexibility index (Phi) is 3.72. The van der Waals surface area contributed by atoms with E-state index in [-0.39, 0.29) is 5.56 Å². The molecule has 0 radical (unpaired) electrons. The summed E-state index contributed by atoms with van der Waals surface area (Å²) in [5.74, 6) is -0.692. The van der Waals surface area contributed by atoms with E-state index in [1.54, 1.807) is 12.1 Å². The molecule has 0 aromatic heterocycles. The molecule has 1 amide bonds. The topological polar surface area (TPSA) is 43.1 Å². The van der Waals surface area contributed by atoms with Crippen LogP contribution >= 0.6 is 11.6 Å². The van der Waals surface area contributed by atoms with E-state index in [0.717, 1.165) is 12.1 Å². The number of benzene rings is 2. The lowest BCUT2D eigenvalue weighted by Gasteiger charge is -2.10. The van der Waals surface area contributed by atoms with Gasteiger partial charge < -0.3 is 5.73 Å². The molecule has 0 atom stereocenters. The number of halogens is 4. The molecule has 0 aliphatic carbocycles. The third-order valence-electron chi connectivity index (χ3n) is 2.77. The van der Waals surface area contributed by atoms with E-state index >= 15 is 0 Å². The molecule has 0 spiro atoms. The number of alkyl halides is 3. The van der Waals surface area contributed by atoms with Gasteiger partial charge in [0.2, 0.25) is 5.91 Å². The molecule has 0 heterocycles. The van der Waals surface area contributed by atoms with Gasteiger partial charge in [0.1, 0.15) is 0 Å². The maximum Gasteiger partial charge on any atom is 0.416 e. The van der Waals surface area contributed by atoms with Crippen molar-refractivity contribution in [2.75, 3.05) is 0 Å². The standard InChI is InChI=1S/C14H9ClF3NO/c15-10-5-6-11(12(7-10)13(19)20)8-1-3-9(4-2-8)14(16,17)18/h1-7H,(H2,19,20). The van der Waals surface area contributed by atoms with Crippen LogP contribution in [0.2, 0.25) is 5.02 Å². The van der Waals surface area contributed by atoms with Crippen LogP contribution in [0.5, 0.6) is 0 Å². The predicted octanol–water partition coefficient (Wildman–Crippen LogP) is 4.12. The average Bonchev–Trinajstić information content (AvgIpc) is 2.37. The van der Waals surface area contributed by atoms with E-state index in [1.165, 1.54) is 18.2 Å². The monoisotopic (exact) mass is 299 g/mol. The van der Waals surface area contributed by atoms with Gasteiger partial charge in [0.25, 0.3) is 0 Å². The highest BCUT2D eigenvalue weighted by molar-refractivity contribution is 6.31. The summed E-state index contributed by atoms with van der Waals surface area (Å²) in [6.07, 6.45) is -4.40. The van der Waals surface area contributed by atoms with Gasteiger partial charge >= 0.3 is 6.18 Å². The number of nitrogens with two attached hydrogens (primary N) is 1. The molecule has 2 aromatic carbocycles. The SMILES string of the molecule is NC(=O)c1cc(Cl)ccc1-c1ccc(C(F)(F)F)cc1. The summed E-state index contributed by atoms with van der Waals surface area (Å²) in [5.41, 5.74) is 5.55. The number of hydrogen-bond acceptors (Lipinski definition) is 1. The van der Waals surface area contributed by atoms with E-state index < -0.39 is 17.6 Å². The Hall–Kier alpha value is -2.01. The second-order valence-electron chi connectivity index (χ2n) is 4.13. The van der Waals surface area contributed by atoms with E-state index in [1.807, 2.05) is 0 Å². The highest BCUT2D eigenvalue weighted by Crippen LogP contribution is 2.32. The third-order valence-corrected chi connectivity index (χ3v) is 3.01. The average molecular weight is 300 g/mol. The summed E-state index contributed by atoms with van der Waals surface area (Å²) in [5, 5.41) is 0.328. The minimum Gasteiger partial charge on any atom is -0.366 e. The van der Waals surface area contributed by atoms with Crippen LogP contribution in [0.1, 0.15) is 15.9 Å². The largest absolute Gasteiger partial charge is 0.416 e. The number of amides is 1. The maximum atomic E-state index is 12.5. The number of rotatable bonds is 2. The smallest absolute Gasteiger partial charge is 0.366 e. The van der Waals surface area contributed by atoms with E-state index in [4.69, 9.17) is 17.3 Å². The molecule has 0 unspecified atom stereocenters. The van der Waals surface area contributed by atoms with Crippen molar-refractivity contribution in [1.82, 2.24) is 0 Å². The predicted molar refractivity (Wildman–Crippen MR) is 70.4 cm³/mol. The van der Waals surface area contributed by atoms with Crippen molar-refractivity contribution >= 4 is 17.5 Å². The van der Waals surface area contributed by atoms with Gasteiger partial charge in [0.15, 0.2) is 0 Å². The molecule has 104 valence electrons. The van der Waals surface area contributed by atoms with Crippen molar-refractivity contribution in [3.8, 4) is 11.1 Å². The summed E-state index contributed by atoms with van der Waals surface area (Å²) in [6, 6.07) is 8.96. The minimum atomic E-state index is -4.40. The van der Waals surface area contributed by atoms with Gasteiger partial charge in [-0.1, -0.05) is 29.8 Å². The number of carbonyl (C=O) groups is 1. The van der Waals surface area contributed by atoms with Crippen LogP contribution in [0.4, 0.5) is 13.2 Å². The first kappa shape index (κ1) is 14.4. The Balaban J connectivity index is 2.50. The molecule has 2 aromatic rings. The second kappa shape index (κ2) is 5.17. The van der Waals surface area contributed by atoms with E-state index in [2.05, 4.69) is 0 Å². The van der Waals surface area contributed by atoms with Gasteiger partial charge in [-0.2, -0.15) is 13.2 Å². The van der Waals surface area contributed by atoms with E-state index in [9.17, 15) is 18.0 Å². The molecule has 2 N–H and O–H groups in total. The molecule has 0 saturated carbocycles. The normalized spacial score (nSPS) is 11.4. The number of hydrogen-bond donors (Lipinski definition) is 1. The van der Waals surface area contributed by atoms with Crippen LogP contribution in [-0.2, 0) is 6.18 Å². The zero-order valence-corrected chi connectivity index (χ0v) is 10.8. The Labute approximate surface area is 118 Å². The van der Waals surface area contributed by atoms with Gasteiger partial charge in [-0.05, 0) is 35.4 Å². The number of primary amides is 1. The van der Waals surface area contributed by atoms with Crippen LogP contribution in [0.25, 0.3) is 11.1 Å². The minimum absolute atomic E-state index is 0.164. The van der Waals surface area contributed by atoms with Crippen molar-refractivity contribution in [1.29, 1.82) is 0 Å². The van der Waals surface area contributed by atoms with Crippen LogP contribution in [0.15, 0.2) is 42.5 Å². The van der Waals surface area contributed by atoms with Crippen molar-refractivity contribution in [3.63, 3.8) is 0 Å². The Morgan fingerprint density at radius 3 is 2.15 bits per heavy atom. The Morgan fingerprint density at radius 2 is 1.65 bits per heavy atom. The third kappa shape index (κ3) is 2.93. The summed E-state index contributed by atoms with van der Waals surface area (Å²) in [7, 11) is 0. The first-order valence-corrected chi connectivity index (χ1v) is 5.94. The highest BCUT2D eigenvalue weighted by atomic mass is 35.5. The Morgan fingerprint density at radius 1 is 1.05 bits per heavy atom. The molecular weight excluding hydrogens is 291 g/mol. The first-order valence-electron chi connectivity index (χ1n) is 5.56. The summed E-state index contributed by atoms with van der Waals surface area (Å²) in [6.45, 7) is 0. The van der Waals surface area contributed by atoms with Crippen LogP contribution in [-0.4, -0.2) is 5.91 Å². The van der Waals surface area contributed by atoms with Gasteiger partial charge in [0.05, 0.1) is 5.56 Å². The Bertz CT molecular complexity index is 650. The summed E-state index contributed by atoms with van der Waals surface area (Å²) in [4.78, 5) is 11.4. The molecule has 0 bridgehead atoms. The molecule has 2 rings (SSSR count). The molecule has 2 nitrogen and oxygen atoms in total. The summed E-state index contributed by atoms with van der Waals surface area (Å²) < 4.78 is 37.5.